The van der Waals surface area contributed by atoms with Gasteiger partial charge in [-0.2, -0.15) is 0 Å². The van der Waals surface area contributed by atoms with Gasteiger partial charge in [-0.05, 0) is 50.6 Å². The van der Waals surface area contributed by atoms with Crippen molar-refractivity contribution in [3.8, 4) is 11.4 Å². The molecule has 0 saturated carbocycles. The maximum absolute atomic E-state index is 14.3. The largest absolute Gasteiger partial charge is 0.373 e. The second kappa shape index (κ2) is 9.75. The molecular formula is C22H24FN7O. The van der Waals surface area contributed by atoms with Crippen LogP contribution in [0.4, 0.5) is 21.5 Å². The van der Waals surface area contributed by atoms with Crippen molar-refractivity contribution in [1.29, 1.82) is 5.41 Å². The lowest BCUT2D eigenvalue weighted by Gasteiger charge is -2.17. The fourth-order valence-corrected chi connectivity index (χ4v) is 2.96. The maximum Gasteiger partial charge on any atom is 0.239 e. The smallest absolute Gasteiger partial charge is 0.239 e. The standard InChI is InChI=1S/C22H24FN7O/c1-4-25-20(31)12-28-22-16(7-8-26-19(22)10-24)30-17-9-18(27-11-13(17)2)21-15(23)6-5-14(3)29-21/h5-11,24,28H,4,12H2,1-3H3,(H,25,31)(H,26,27,30). The number of anilines is 3. The SMILES string of the molecule is CCNC(=O)CNc1c(Nc2cc(-c3nc(C)ccc3F)ncc2C)ccnc1C=N. The first-order valence-electron chi connectivity index (χ1n) is 9.80. The number of carbonyl (C=O) groups is 1. The Bertz CT molecular complexity index is 1120. The molecule has 3 rings (SSSR count). The van der Waals surface area contributed by atoms with Gasteiger partial charge in [0.2, 0.25) is 5.91 Å². The molecule has 0 aliphatic carbocycles. The van der Waals surface area contributed by atoms with Crippen LogP contribution in [0, 0.1) is 25.1 Å². The molecule has 4 N–H and O–H groups in total. The summed E-state index contributed by atoms with van der Waals surface area (Å²) in [4.78, 5) is 24.7. The van der Waals surface area contributed by atoms with Gasteiger partial charge in [0.05, 0.1) is 23.6 Å². The molecule has 3 heterocycles. The predicted octanol–water partition coefficient (Wildman–Crippen LogP) is 3.58. The molecular weight excluding hydrogens is 397 g/mol. The van der Waals surface area contributed by atoms with Crippen molar-refractivity contribution < 1.29 is 9.18 Å². The van der Waals surface area contributed by atoms with E-state index in [1.54, 1.807) is 37.5 Å². The zero-order chi connectivity index (χ0) is 22.4. The molecule has 0 fully saturated rings. The Morgan fingerprint density at radius 1 is 1.19 bits per heavy atom. The van der Waals surface area contributed by atoms with Gasteiger partial charge in [-0.1, -0.05) is 0 Å². The summed E-state index contributed by atoms with van der Waals surface area (Å²) in [6.45, 7) is 6.07. The normalized spacial score (nSPS) is 10.5. The van der Waals surface area contributed by atoms with Gasteiger partial charge in [0.25, 0.3) is 0 Å². The molecule has 9 heteroatoms. The highest BCUT2D eigenvalue weighted by atomic mass is 19.1. The molecule has 3 aromatic heterocycles. The van der Waals surface area contributed by atoms with Crippen molar-refractivity contribution in [2.24, 2.45) is 0 Å². The summed E-state index contributed by atoms with van der Waals surface area (Å²) in [7, 11) is 0. The van der Waals surface area contributed by atoms with E-state index in [1.807, 2.05) is 13.8 Å². The lowest BCUT2D eigenvalue weighted by molar-refractivity contribution is -0.119. The first-order valence-corrected chi connectivity index (χ1v) is 9.80. The summed E-state index contributed by atoms with van der Waals surface area (Å²) >= 11 is 0. The van der Waals surface area contributed by atoms with Crippen LogP contribution in [-0.4, -0.2) is 40.2 Å². The fourth-order valence-electron chi connectivity index (χ4n) is 2.96. The molecule has 160 valence electrons. The van der Waals surface area contributed by atoms with Crippen LogP contribution in [0.25, 0.3) is 11.4 Å². The third-order valence-corrected chi connectivity index (χ3v) is 4.52. The lowest BCUT2D eigenvalue weighted by Crippen LogP contribution is -2.29. The number of aryl methyl sites for hydroxylation is 2. The Hall–Kier alpha value is -3.88. The van der Waals surface area contributed by atoms with E-state index < -0.39 is 5.82 Å². The van der Waals surface area contributed by atoms with Gasteiger partial charge in [-0.3, -0.25) is 14.8 Å². The van der Waals surface area contributed by atoms with Crippen molar-refractivity contribution in [3.63, 3.8) is 0 Å². The summed E-state index contributed by atoms with van der Waals surface area (Å²) in [5.74, 6) is -0.621. The number of hydrogen-bond donors (Lipinski definition) is 4. The molecule has 0 radical (unpaired) electrons. The minimum atomic E-state index is -0.452. The van der Waals surface area contributed by atoms with Gasteiger partial charge >= 0.3 is 0 Å². The monoisotopic (exact) mass is 421 g/mol. The summed E-state index contributed by atoms with van der Waals surface area (Å²) in [6, 6.07) is 6.43. The molecule has 0 unspecified atom stereocenters. The topological polar surface area (TPSA) is 116 Å². The number of hydrogen-bond acceptors (Lipinski definition) is 7. The van der Waals surface area contributed by atoms with Crippen molar-refractivity contribution in [3.05, 3.63) is 59.4 Å². The molecule has 31 heavy (non-hydrogen) atoms. The molecule has 0 aliphatic rings. The second-order valence-electron chi connectivity index (χ2n) is 6.86. The van der Waals surface area contributed by atoms with Crippen LogP contribution in [0.3, 0.4) is 0 Å². The number of amides is 1. The first kappa shape index (κ1) is 21.8. The molecule has 0 atom stereocenters. The number of aromatic nitrogens is 3. The number of carbonyl (C=O) groups excluding carboxylic acids is 1. The van der Waals surface area contributed by atoms with Crippen LogP contribution < -0.4 is 16.0 Å². The average Bonchev–Trinajstić information content (AvgIpc) is 2.76. The second-order valence-corrected chi connectivity index (χ2v) is 6.86. The van der Waals surface area contributed by atoms with E-state index in [0.29, 0.717) is 40.7 Å². The fraction of sp³-hybridized carbons (Fsp3) is 0.227. The number of likely N-dealkylation sites (N-methyl/N-ethyl adjacent to an activating group) is 1. The van der Waals surface area contributed by atoms with E-state index in [-0.39, 0.29) is 18.1 Å². The van der Waals surface area contributed by atoms with E-state index in [2.05, 4.69) is 30.9 Å². The van der Waals surface area contributed by atoms with Crippen LogP contribution in [0.15, 0.2) is 36.7 Å². The van der Waals surface area contributed by atoms with Crippen molar-refractivity contribution >= 4 is 29.2 Å². The Kier molecular flexibility index (Phi) is 6.86. The highest BCUT2D eigenvalue weighted by Gasteiger charge is 2.14. The molecule has 0 saturated heterocycles. The van der Waals surface area contributed by atoms with Gasteiger partial charge < -0.3 is 21.4 Å². The zero-order valence-corrected chi connectivity index (χ0v) is 17.6. The van der Waals surface area contributed by atoms with Crippen molar-refractivity contribution in [2.45, 2.75) is 20.8 Å². The highest BCUT2D eigenvalue weighted by molar-refractivity contribution is 5.92. The van der Waals surface area contributed by atoms with Gasteiger partial charge in [-0.15, -0.1) is 0 Å². The van der Waals surface area contributed by atoms with Crippen LogP contribution in [0.5, 0.6) is 0 Å². The van der Waals surface area contributed by atoms with Crippen LogP contribution >= 0.6 is 0 Å². The van der Waals surface area contributed by atoms with Gasteiger partial charge in [-0.25, -0.2) is 9.37 Å². The third-order valence-electron chi connectivity index (χ3n) is 4.52. The minimum Gasteiger partial charge on any atom is -0.373 e. The van der Waals surface area contributed by atoms with E-state index in [0.717, 1.165) is 11.8 Å². The minimum absolute atomic E-state index is 0.0358. The number of nitrogens with one attached hydrogen (secondary N) is 4. The average molecular weight is 421 g/mol. The molecule has 3 aromatic rings. The lowest BCUT2D eigenvalue weighted by atomic mass is 10.1. The van der Waals surface area contributed by atoms with E-state index in [1.165, 1.54) is 6.07 Å². The Labute approximate surface area is 179 Å². The summed E-state index contributed by atoms with van der Waals surface area (Å²) in [5.41, 5.74) is 4.30. The Balaban J connectivity index is 1.96. The predicted molar refractivity (Wildman–Crippen MR) is 119 cm³/mol. The number of pyridine rings is 3. The molecule has 0 spiro atoms. The molecule has 8 nitrogen and oxygen atoms in total. The summed E-state index contributed by atoms with van der Waals surface area (Å²) in [5, 5.41) is 16.7. The molecule has 0 aliphatic heterocycles. The van der Waals surface area contributed by atoms with Gasteiger partial charge in [0, 0.05) is 36.5 Å². The maximum atomic E-state index is 14.3. The number of nitrogens with zero attached hydrogens (tertiary/aromatic N) is 3. The van der Waals surface area contributed by atoms with Crippen LogP contribution in [-0.2, 0) is 4.79 Å². The number of rotatable bonds is 8. The summed E-state index contributed by atoms with van der Waals surface area (Å²) in [6.07, 6.45) is 4.32. The summed E-state index contributed by atoms with van der Waals surface area (Å²) < 4.78 is 14.3. The van der Waals surface area contributed by atoms with E-state index in [4.69, 9.17) is 5.41 Å². The van der Waals surface area contributed by atoms with Crippen molar-refractivity contribution in [1.82, 2.24) is 20.3 Å². The van der Waals surface area contributed by atoms with Gasteiger partial charge in [0.15, 0.2) is 5.82 Å². The quantitative estimate of drug-likeness (QED) is 0.413. The third kappa shape index (κ3) is 5.19. The van der Waals surface area contributed by atoms with Crippen molar-refractivity contribution in [2.75, 3.05) is 23.7 Å². The Morgan fingerprint density at radius 3 is 2.74 bits per heavy atom. The van der Waals surface area contributed by atoms with E-state index >= 15 is 0 Å². The molecule has 1 amide bonds. The van der Waals surface area contributed by atoms with Crippen LogP contribution in [0.2, 0.25) is 0 Å². The molecule has 0 aromatic carbocycles. The molecule has 0 bridgehead atoms. The van der Waals surface area contributed by atoms with E-state index in [9.17, 15) is 9.18 Å². The number of halogens is 1. The zero-order valence-electron chi connectivity index (χ0n) is 17.6. The van der Waals surface area contributed by atoms with Crippen LogP contribution in [0.1, 0.15) is 23.9 Å². The highest BCUT2D eigenvalue weighted by Crippen LogP contribution is 2.30. The Morgan fingerprint density at radius 2 is 2.00 bits per heavy atom. The first-order chi connectivity index (χ1) is 14.9. The van der Waals surface area contributed by atoms with Gasteiger partial charge in [0.1, 0.15) is 11.4 Å².